The van der Waals surface area contributed by atoms with Gasteiger partial charge in [0.15, 0.2) is 34.5 Å². The zero-order valence-corrected chi connectivity index (χ0v) is 36.4. The van der Waals surface area contributed by atoms with Gasteiger partial charge >= 0.3 is 0 Å². The van der Waals surface area contributed by atoms with Gasteiger partial charge in [-0.1, -0.05) is 24.3 Å². The summed E-state index contributed by atoms with van der Waals surface area (Å²) in [5.74, 6) is 2.63. The summed E-state index contributed by atoms with van der Waals surface area (Å²) in [5.41, 5.74) is 22.9. The maximum absolute atomic E-state index is 11.5. The van der Waals surface area contributed by atoms with Gasteiger partial charge in [-0.3, -0.25) is 4.79 Å². The number of nitrogens with zero attached hydrogens (tertiary/aromatic N) is 4. The number of aromatic nitrogens is 2. The van der Waals surface area contributed by atoms with Gasteiger partial charge in [0.2, 0.25) is 17.7 Å². The average Bonchev–Trinajstić information content (AvgIpc) is 3.24. The summed E-state index contributed by atoms with van der Waals surface area (Å²) >= 11 is 7.03. The van der Waals surface area contributed by atoms with Crippen LogP contribution in [0, 0.1) is 22.7 Å². The Morgan fingerprint density at radius 2 is 1.11 bits per heavy atom. The second-order valence-electron chi connectivity index (χ2n) is 13.6. The Bertz CT molecular complexity index is 2940. The lowest BCUT2D eigenvalue weighted by molar-refractivity contribution is -0.114. The largest absolute Gasteiger partial charge is 0.493 e. The summed E-state index contributed by atoms with van der Waals surface area (Å²) in [5, 5.41) is 24.0. The van der Waals surface area contributed by atoms with Gasteiger partial charge in [-0.25, -0.2) is 9.97 Å². The van der Waals surface area contributed by atoms with Crippen LogP contribution in [-0.4, -0.2) is 44.3 Å². The zero-order valence-electron chi connectivity index (χ0n) is 33.2. The number of allylic oxidation sites excluding steroid dienone is 2. The molecule has 2 aromatic heterocycles. The third-order valence-electron chi connectivity index (χ3n) is 9.99. The molecule has 308 valence electrons. The number of methoxy groups -OCH3 is 4. The van der Waals surface area contributed by atoms with Gasteiger partial charge in [0.25, 0.3) is 0 Å². The summed E-state index contributed by atoms with van der Waals surface area (Å²) in [4.78, 5) is 20.4. The van der Waals surface area contributed by atoms with E-state index in [-0.39, 0.29) is 23.2 Å². The maximum Gasteiger partial charge on any atom is 0.222 e. The first kappa shape index (κ1) is 41.9. The molecule has 0 saturated heterocycles. The molecular weight excluding hydrogens is 912 g/mol. The van der Waals surface area contributed by atoms with Crippen LogP contribution in [0.2, 0.25) is 0 Å². The van der Waals surface area contributed by atoms with E-state index < -0.39 is 11.8 Å². The van der Waals surface area contributed by atoms with Crippen molar-refractivity contribution in [2.24, 2.45) is 11.5 Å². The van der Waals surface area contributed by atoms with Crippen LogP contribution in [0.1, 0.15) is 41.0 Å². The minimum absolute atomic E-state index is 0.00450. The molecule has 2 aliphatic heterocycles. The number of benzene rings is 4. The van der Waals surface area contributed by atoms with Crippen LogP contribution >= 0.6 is 31.9 Å². The Morgan fingerprint density at radius 3 is 1.54 bits per heavy atom. The minimum Gasteiger partial charge on any atom is -0.493 e. The molecule has 0 spiro atoms. The summed E-state index contributed by atoms with van der Waals surface area (Å²) in [6.07, 6.45) is 0. The summed E-state index contributed by atoms with van der Waals surface area (Å²) < 4.78 is 34.9. The van der Waals surface area contributed by atoms with Gasteiger partial charge < -0.3 is 50.9 Å². The lowest BCUT2D eigenvalue weighted by Crippen LogP contribution is -2.21. The predicted octanol–water partition coefficient (Wildman–Crippen LogP) is 8.01. The number of nitrogen functional groups attached to an aromatic ring is 1. The van der Waals surface area contributed by atoms with E-state index in [0.717, 1.165) is 33.0 Å². The van der Waals surface area contributed by atoms with E-state index in [1.165, 1.54) is 6.92 Å². The van der Waals surface area contributed by atoms with Crippen LogP contribution in [-0.2, 0) is 4.79 Å². The lowest BCUT2D eigenvalue weighted by Gasteiger charge is -2.28. The van der Waals surface area contributed by atoms with Crippen LogP contribution in [0.3, 0.4) is 0 Å². The van der Waals surface area contributed by atoms with Crippen LogP contribution in [0.5, 0.6) is 34.5 Å². The van der Waals surface area contributed by atoms with Crippen molar-refractivity contribution in [1.82, 2.24) is 9.97 Å². The zero-order chi connectivity index (χ0) is 43.7. The number of amides is 1. The fraction of sp³-hybridized carbons (Fsp3) is 0.159. The van der Waals surface area contributed by atoms with Crippen LogP contribution in [0.4, 0.5) is 11.6 Å². The van der Waals surface area contributed by atoms with E-state index in [1.807, 2.05) is 54.6 Å². The molecule has 0 fully saturated rings. The Balaban J connectivity index is 0.000000185. The summed E-state index contributed by atoms with van der Waals surface area (Å²) in [7, 11) is 6.21. The topological polar surface area (TPSA) is 236 Å². The van der Waals surface area contributed by atoms with Crippen molar-refractivity contribution in [2.75, 3.05) is 39.5 Å². The van der Waals surface area contributed by atoms with Crippen molar-refractivity contribution in [3.05, 3.63) is 127 Å². The maximum atomic E-state index is 11.5. The summed E-state index contributed by atoms with van der Waals surface area (Å²) in [6, 6.07) is 26.5. The van der Waals surface area contributed by atoms with Gasteiger partial charge in [-0.15, -0.1) is 0 Å². The third-order valence-corrected chi connectivity index (χ3v) is 11.2. The van der Waals surface area contributed by atoms with Crippen molar-refractivity contribution in [1.29, 1.82) is 10.5 Å². The Kier molecular flexibility index (Phi) is 11.8. The SMILES string of the molecule is COc1cc(C2C(C#N)=C(N)Oc3c2ccc2ccc(N)nc32)cc(Br)c1OC.COc1cc(C2C(C#N)=C(N)Oc3c2ccc2ccc(NC(C)=O)nc32)cc(Br)c1OC. The van der Waals surface area contributed by atoms with Gasteiger partial charge in [0.05, 0.1) is 49.2 Å². The summed E-state index contributed by atoms with van der Waals surface area (Å²) in [6.45, 7) is 1.41. The van der Waals surface area contributed by atoms with E-state index in [4.69, 9.17) is 45.6 Å². The van der Waals surface area contributed by atoms with E-state index >= 15 is 0 Å². The molecule has 15 nitrogen and oxygen atoms in total. The third kappa shape index (κ3) is 7.72. The molecule has 2 atom stereocenters. The molecule has 2 aliphatic rings. The Labute approximate surface area is 366 Å². The molecule has 0 radical (unpaired) electrons. The molecule has 0 aliphatic carbocycles. The highest BCUT2D eigenvalue weighted by Crippen LogP contribution is 2.50. The molecule has 6 aromatic rings. The van der Waals surface area contributed by atoms with Gasteiger partial charge in [0, 0.05) is 28.8 Å². The quantitative estimate of drug-likeness (QED) is 0.119. The van der Waals surface area contributed by atoms with Gasteiger partial charge in [-0.05, 0) is 91.5 Å². The van der Waals surface area contributed by atoms with E-state index in [9.17, 15) is 15.3 Å². The highest BCUT2D eigenvalue weighted by Gasteiger charge is 2.35. The molecule has 4 aromatic carbocycles. The minimum atomic E-state index is -0.518. The average molecular weight is 949 g/mol. The number of pyridine rings is 2. The number of nitriles is 2. The van der Waals surface area contributed by atoms with Crippen LogP contribution in [0.15, 0.2) is 105 Å². The number of ether oxygens (including phenoxy) is 6. The number of carbonyl (C=O) groups excluding carboxylic acids is 1. The van der Waals surface area contributed by atoms with Crippen molar-refractivity contribution in [3.8, 4) is 46.6 Å². The van der Waals surface area contributed by atoms with Crippen molar-refractivity contribution in [2.45, 2.75) is 18.8 Å². The predicted molar refractivity (Wildman–Crippen MR) is 235 cm³/mol. The van der Waals surface area contributed by atoms with Crippen LogP contribution in [0.25, 0.3) is 21.8 Å². The molecule has 0 saturated carbocycles. The van der Waals surface area contributed by atoms with Crippen molar-refractivity contribution < 1.29 is 33.2 Å². The number of nitrogens with two attached hydrogens (primary N) is 3. The fourth-order valence-electron chi connectivity index (χ4n) is 7.36. The molecule has 61 heavy (non-hydrogen) atoms. The molecular formula is C44H36Br2N8O7. The number of nitrogens with one attached hydrogen (secondary N) is 1. The molecule has 7 N–H and O–H groups in total. The number of anilines is 2. The van der Waals surface area contributed by atoms with Gasteiger partial charge in [0.1, 0.15) is 46.0 Å². The monoisotopic (exact) mass is 946 g/mol. The van der Waals surface area contributed by atoms with Crippen molar-refractivity contribution in [3.63, 3.8) is 0 Å². The molecule has 2 unspecified atom stereocenters. The number of hydrogen-bond acceptors (Lipinski definition) is 14. The fourth-order valence-corrected chi connectivity index (χ4v) is 8.60. The highest BCUT2D eigenvalue weighted by atomic mass is 79.9. The van der Waals surface area contributed by atoms with Crippen molar-refractivity contribution >= 4 is 71.2 Å². The molecule has 17 heteroatoms. The lowest BCUT2D eigenvalue weighted by atomic mass is 9.83. The highest BCUT2D eigenvalue weighted by molar-refractivity contribution is 9.11. The Hall–Kier alpha value is -7.21. The molecule has 4 heterocycles. The molecule has 0 bridgehead atoms. The number of fused-ring (bicyclic) bond motifs is 6. The number of hydrogen-bond donors (Lipinski definition) is 4. The standard InChI is InChI=1S/C23H19BrN4O4.C21H17BrN4O3/c1-11(29)27-18-7-5-12-4-6-14-19(13-8-16(24)22(31-3)17(9-13)30-2)15(10-25)23(26)32-21(14)20(12)28-18;1-27-15-8-11(7-14(22)20(15)28-2)17-12-5-3-10-4-6-16(24)26-18(10)19(12)29-21(25)13(17)9-23/h4-9,19H,26H2,1-3H3,(H,27,28,29);3-8,17H,25H2,1-2H3,(H2,24,26). The second kappa shape index (κ2) is 17.2. The number of halogens is 2. The first-order chi connectivity index (χ1) is 29.3. The first-order valence-electron chi connectivity index (χ1n) is 18.2. The first-order valence-corrected chi connectivity index (χ1v) is 19.8. The Morgan fingerprint density at radius 1 is 0.672 bits per heavy atom. The van der Waals surface area contributed by atoms with E-state index in [1.54, 1.807) is 46.6 Å². The van der Waals surface area contributed by atoms with Gasteiger partial charge in [-0.2, -0.15) is 10.5 Å². The smallest absolute Gasteiger partial charge is 0.222 e. The van der Waals surface area contributed by atoms with E-state index in [0.29, 0.717) is 71.7 Å². The van der Waals surface area contributed by atoms with Crippen LogP contribution < -0.4 is 50.9 Å². The molecule has 8 rings (SSSR count). The number of rotatable bonds is 7. The normalized spacial score (nSPS) is 15.2. The number of carbonyl (C=O) groups is 1. The molecule has 1 amide bonds. The van der Waals surface area contributed by atoms with E-state index in [2.05, 4.69) is 59.3 Å². The second-order valence-corrected chi connectivity index (χ2v) is 15.3.